The molecule has 0 radical (unpaired) electrons. The van der Waals surface area contributed by atoms with Gasteiger partial charge >= 0.3 is 6.18 Å². The maximum absolute atomic E-state index is 13.0. The maximum atomic E-state index is 13.0. The third-order valence-electron chi connectivity index (χ3n) is 4.64. The average Bonchev–Trinajstić information content (AvgIpc) is 3.14. The number of alkyl halides is 3. The van der Waals surface area contributed by atoms with Gasteiger partial charge in [0.1, 0.15) is 18.3 Å². The van der Waals surface area contributed by atoms with E-state index in [4.69, 9.17) is 0 Å². The molecule has 10 heteroatoms. The van der Waals surface area contributed by atoms with E-state index < -0.39 is 17.3 Å². The molecule has 0 aliphatic heterocycles. The van der Waals surface area contributed by atoms with Gasteiger partial charge in [0.05, 0.1) is 17.4 Å². The second-order valence-corrected chi connectivity index (χ2v) is 6.93. The number of carbonyl (C=O) groups is 1. The van der Waals surface area contributed by atoms with Gasteiger partial charge in [0.25, 0.3) is 5.56 Å². The Kier molecular flexibility index (Phi) is 6.53. The number of nitrogens with one attached hydrogen (secondary N) is 1. The van der Waals surface area contributed by atoms with Gasteiger partial charge in [0.2, 0.25) is 5.91 Å². The maximum Gasteiger partial charge on any atom is 0.416 e. The molecule has 0 fully saturated rings. The monoisotopic (exact) mass is 421 g/mol. The van der Waals surface area contributed by atoms with Crippen LogP contribution in [-0.2, 0) is 17.5 Å². The van der Waals surface area contributed by atoms with Crippen molar-refractivity contribution in [2.24, 2.45) is 0 Å². The average molecular weight is 421 g/mol. The number of hydrogen-bond donors (Lipinski definition) is 1. The number of rotatable bonds is 8. The molecule has 0 spiro atoms. The summed E-state index contributed by atoms with van der Waals surface area (Å²) in [6, 6.07) is 4.60. The minimum Gasteiger partial charge on any atom is -0.355 e. The molecular formula is C20H22F3N5O2. The Balaban J connectivity index is 1.79. The molecule has 1 N–H and O–H groups in total. The molecule has 2 heterocycles. The van der Waals surface area contributed by atoms with E-state index in [1.807, 2.05) is 0 Å². The van der Waals surface area contributed by atoms with E-state index in [0.717, 1.165) is 42.4 Å². The van der Waals surface area contributed by atoms with Crippen LogP contribution < -0.4 is 10.9 Å². The number of nitrogens with zero attached hydrogens (tertiary/aromatic N) is 4. The number of unbranched alkanes of at least 4 members (excludes halogenated alkanes) is 3. The molecule has 3 aromatic rings. The van der Waals surface area contributed by atoms with Gasteiger partial charge in [-0.15, -0.1) is 0 Å². The molecule has 1 aromatic carbocycles. The third kappa shape index (κ3) is 4.87. The molecule has 0 saturated heterocycles. The topological polar surface area (TPSA) is 81.8 Å². The van der Waals surface area contributed by atoms with Gasteiger partial charge in [0, 0.05) is 6.54 Å². The summed E-state index contributed by atoms with van der Waals surface area (Å²) in [4.78, 5) is 28.9. The lowest BCUT2D eigenvalue weighted by atomic mass is 10.2. The Morgan fingerprint density at radius 1 is 1.20 bits per heavy atom. The van der Waals surface area contributed by atoms with E-state index >= 15 is 0 Å². The fourth-order valence-corrected chi connectivity index (χ4v) is 3.05. The lowest BCUT2D eigenvalue weighted by Crippen LogP contribution is -2.33. The Hall–Kier alpha value is -3.17. The first kappa shape index (κ1) is 21.5. The van der Waals surface area contributed by atoms with Crippen LogP contribution in [0, 0.1) is 0 Å². The lowest BCUT2D eigenvalue weighted by Gasteiger charge is -2.09. The number of carbonyl (C=O) groups excluding carboxylic acids is 1. The van der Waals surface area contributed by atoms with E-state index in [9.17, 15) is 22.8 Å². The number of hydrogen-bond acceptors (Lipinski definition) is 4. The van der Waals surface area contributed by atoms with Crippen molar-refractivity contribution < 1.29 is 18.0 Å². The minimum atomic E-state index is -4.50. The number of amides is 1. The summed E-state index contributed by atoms with van der Waals surface area (Å²) in [5.41, 5.74) is -1.06. The third-order valence-corrected chi connectivity index (χ3v) is 4.64. The number of fused-ring (bicyclic) bond motifs is 1. The quantitative estimate of drug-likeness (QED) is 0.566. The van der Waals surface area contributed by atoms with Gasteiger partial charge < -0.3 is 5.32 Å². The summed E-state index contributed by atoms with van der Waals surface area (Å²) >= 11 is 0. The number of halogens is 3. The highest BCUT2D eigenvalue weighted by atomic mass is 19.4. The van der Waals surface area contributed by atoms with E-state index in [0.29, 0.717) is 6.54 Å². The minimum absolute atomic E-state index is 0.116. The van der Waals surface area contributed by atoms with Crippen LogP contribution in [0.4, 0.5) is 13.2 Å². The zero-order chi connectivity index (χ0) is 21.7. The summed E-state index contributed by atoms with van der Waals surface area (Å²) in [5, 5.41) is 6.90. The van der Waals surface area contributed by atoms with Crippen molar-refractivity contribution in [2.45, 2.75) is 45.3 Å². The van der Waals surface area contributed by atoms with Crippen molar-refractivity contribution >= 4 is 16.9 Å². The second-order valence-electron chi connectivity index (χ2n) is 6.93. The highest BCUT2D eigenvalue weighted by Crippen LogP contribution is 2.30. The molecule has 1 amide bonds. The van der Waals surface area contributed by atoms with Gasteiger partial charge in [-0.1, -0.05) is 32.3 Å². The highest BCUT2D eigenvalue weighted by Gasteiger charge is 2.30. The van der Waals surface area contributed by atoms with Crippen LogP contribution in [0.15, 0.2) is 41.6 Å². The summed E-state index contributed by atoms with van der Waals surface area (Å²) in [7, 11) is 0. The van der Waals surface area contributed by atoms with Gasteiger partial charge in [-0.2, -0.15) is 18.3 Å². The Morgan fingerprint density at radius 3 is 2.73 bits per heavy atom. The van der Waals surface area contributed by atoms with E-state index in [1.165, 1.54) is 29.3 Å². The number of aromatic nitrogens is 4. The highest BCUT2D eigenvalue weighted by molar-refractivity contribution is 5.77. The SMILES string of the molecule is CCCCCCNC(=O)Cn1cnc2c(cnn2-c2cccc(C(F)(F)F)c2)c1=O. The smallest absolute Gasteiger partial charge is 0.355 e. The van der Waals surface area contributed by atoms with Crippen LogP contribution >= 0.6 is 0 Å². The summed E-state index contributed by atoms with van der Waals surface area (Å²) in [5.74, 6) is -0.306. The zero-order valence-electron chi connectivity index (χ0n) is 16.4. The Labute approximate surface area is 170 Å². The van der Waals surface area contributed by atoms with Crippen LogP contribution in [0.5, 0.6) is 0 Å². The molecule has 30 heavy (non-hydrogen) atoms. The normalized spacial score (nSPS) is 11.7. The number of benzene rings is 1. The second kappa shape index (κ2) is 9.10. The van der Waals surface area contributed by atoms with Crippen molar-refractivity contribution in [2.75, 3.05) is 6.54 Å². The first-order valence-corrected chi connectivity index (χ1v) is 9.68. The predicted molar refractivity (Wildman–Crippen MR) is 105 cm³/mol. The largest absolute Gasteiger partial charge is 0.416 e. The zero-order valence-corrected chi connectivity index (χ0v) is 16.4. The fraction of sp³-hybridized carbons (Fsp3) is 0.400. The van der Waals surface area contributed by atoms with Gasteiger partial charge in [0.15, 0.2) is 5.65 Å². The van der Waals surface area contributed by atoms with Crippen molar-refractivity contribution in [3.63, 3.8) is 0 Å². The molecule has 0 bridgehead atoms. The first-order valence-electron chi connectivity index (χ1n) is 9.68. The molecule has 3 rings (SSSR count). The summed E-state index contributed by atoms with van der Waals surface area (Å²) < 4.78 is 41.3. The standard InChI is InChI=1S/C20H22F3N5O2/c1-2-3-4-5-9-24-17(29)12-27-13-25-18-16(19(27)30)11-26-28(18)15-8-6-7-14(10-15)20(21,22)23/h6-8,10-11,13H,2-5,9,12H2,1H3,(H,24,29). The predicted octanol–water partition coefficient (Wildman–Crippen LogP) is 3.30. The summed E-state index contributed by atoms with van der Waals surface area (Å²) in [6.45, 7) is 2.45. The van der Waals surface area contributed by atoms with Gasteiger partial charge in [-0.05, 0) is 24.6 Å². The van der Waals surface area contributed by atoms with Gasteiger partial charge in [-0.3, -0.25) is 14.2 Å². The van der Waals surface area contributed by atoms with Crippen LogP contribution in [0.1, 0.15) is 38.2 Å². The summed E-state index contributed by atoms with van der Waals surface area (Å²) in [6.07, 6.45) is 2.05. The molecule has 0 aliphatic carbocycles. The lowest BCUT2D eigenvalue weighted by molar-refractivity contribution is -0.137. The molecule has 0 aliphatic rings. The van der Waals surface area contributed by atoms with Gasteiger partial charge in [-0.25, -0.2) is 9.67 Å². The van der Waals surface area contributed by atoms with Crippen molar-refractivity contribution in [3.8, 4) is 5.69 Å². The van der Waals surface area contributed by atoms with E-state index in [-0.39, 0.29) is 29.2 Å². The van der Waals surface area contributed by atoms with Crippen molar-refractivity contribution in [3.05, 3.63) is 52.7 Å². The molecule has 0 atom stereocenters. The molecule has 7 nitrogen and oxygen atoms in total. The van der Waals surface area contributed by atoms with Crippen molar-refractivity contribution in [1.29, 1.82) is 0 Å². The van der Waals surface area contributed by atoms with Crippen LogP contribution in [-0.4, -0.2) is 31.8 Å². The molecule has 2 aromatic heterocycles. The Morgan fingerprint density at radius 2 is 2.00 bits per heavy atom. The van der Waals surface area contributed by atoms with Crippen molar-refractivity contribution in [1.82, 2.24) is 24.6 Å². The fourth-order valence-electron chi connectivity index (χ4n) is 3.05. The molecule has 160 valence electrons. The molecular weight excluding hydrogens is 399 g/mol. The molecule has 0 unspecified atom stereocenters. The van der Waals surface area contributed by atoms with Crippen LogP contribution in [0.2, 0.25) is 0 Å². The first-order chi connectivity index (χ1) is 14.3. The Bertz CT molecular complexity index is 1090. The van der Waals surface area contributed by atoms with E-state index in [2.05, 4.69) is 22.3 Å². The van der Waals surface area contributed by atoms with Crippen LogP contribution in [0.25, 0.3) is 16.7 Å². The van der Waals surface area contributed by atoms with E-state index in [1.54, 1.807) is 0 Å². The molecule has 0 saturated carbocycles. The van der Waals surface area contributed by atoms with Crippen LogP contribution in [0.3, 0.4) is 0 Å².